The molecule has 0 atom stereocenters. The van der Waals surface area contributed by atoms with Gasteiger partial charge >= 0.3 is 0 Å². The number of nitrogens with zero attached hydrogens (tertiary/aromatic N) is 2. The van der Waals surface area contributed by atoms with Crippen LogP contribution in [0, 0.1) is 6.92 Å². The maximum absolute atomic E-state index is 4.38. The van der Waals surface area contributed by atoms with E-state index in [0.717, 1.165) is 16.8 Å². The largest absolute Gasteiger partial charge is 0.364 e. The first kappa shape index (κ1) is 11.2. The van der Waals surface area contributed by atoms with Crippen LogP contribution in [0.15, 0.2) is 35.1 Å². The molecule has 0 saturated heterocycles. The Kier molecular flexibility index (Phi) is 3.29. The first-order valence-corrected chi connectivity index (χ1v) is 5.91. The maximum atomic E-state index is 4.38. The molecule has 0 fully saturated rings. The van der Waals surface area contributed by atoms with Gasteiger partial charge in [-0.2, -0.15) is 0 Å². The molecule has 2 heterocycles. The van der Waals surface area contributed by atoms with Gasteiger partial charge in [0.05, 0.1) is 6.54 Å². The summed E-state index contributed by atoms with van der Waals surface area (Å²) in [5.41, 5.74) is 2.38. The zero-order valence-electron chi connectivity index (χ0n) is 9.37. The maximum Gasteiger partial charge on any atom is 0.128 e. The van der Waals surface area contributed by atoms with Crippen LogP contribution in [0.5, 0.6) is 0 Å². The highest BCUT2D eigenvalue weighted by molar-refractivity contribution is 9.10. The molecule has 0 aromatic carbocycles. The summed E-state index contributed by atoms with van der Waals surface area (Å²) in [5, 5.41) is 0. The molecule has 0 unspecified atom stereocenters. The van der Waals surface area contributed by atoms with E-state index >= 15 is 0 Å². The van der Waals surface area contributed by atoms with Crippen molar-refractivity contribution >= 4 is 21.7 Å². The molecule has 0 spiro atoms. The summed E-state index contributed by atoms with van der Waals surface area (Å²) in [7, 11) is 2.04. The number of anilines is 1. The monoisotopic (exact) mass is 279 g/mol. The van der Waals surface area contributed by atoms with Gasteiger partial charge in [-0.1, -0.05) is 0 Å². The number of hydrogen-bond acceptors (Lipinski definition) is 2. The molecule has 3 nitrogen and oxygen atoms in total. The van der Waals surface area contributed by atoms with Crippen LogP contribution in [0.1, 0.15) is 11.3 Å². The van der Waals surface area contributed by atoms with Crippen LogP contribution >= 0.6 is 15.9 Å². The van der Waals surface area contributed by atoms with Crippen molar-refractivity contribution < 1.29 is 0 Å². The second-order valence-electron chi connectivity index (χ2n) is 3.84. The Hall–Kier alpha value is -1.29. The molecule has 0 aliphatic rings. The predicted molar refractivity (Wildman–Crippen MR) is 69.6 cm³/mol. The Bertz CT molecular complexity index is 465. The Morgan fingerprint density at radius 2 is 2.31 bits per heavy atom. The zero-order chi connectivity index (χ0) is 11.5. The lowest BCUT2D eigenvalue weighted by molar-refractivity contribution is 0.872. The normalized spacial score (nSPS) is 10.4. The van der Waals surface area contributed by atoms with Crippen LogP contribution in [0.2, 0.25) is 0 Å². The highest BCUT2D eigenvalue weighted by Gasteiger charge is 2.05. The quantitative estimate of drug-likeness (QED) is 0.936. The van der Waals surface area contributed by atoms with Gasteiger partial charge in [0, 0.05) is 29.6 Å². The molecule has 0 amide bonds. The topological polar surface area (TPSA) is 31.9 Å². The summed E-state index contributed by atoms with van der Waals surface area (Å²) in [6, 6.07) is 6.15. The fourth-order valence-corrected chi connectivity index (χ4v) is 1.75. The molecule has 2 aromatic rings. The Morgan fingerprint density at radius 3 is 2.94 bits per heavy atom. The van der Waals surface area contributed by atoms with E-state index in [-0.39, 0.29) is 0 Å². The third-order valence-electron chi connectivity index (χ3n) is 2.49. The molecule has 0 radical (unpaired) electrons. The van der Waals surface area contributed by atoms with Crippen molar-refractivity contribution in [2.75, 3.05) is 11.9 Å². The smallest absolute Gasteiger partial charge is 0.128 e. The van der Waals surface area contributed by atoms with Crippen LogP contribution in [-0.2, 0) is 6.54 Å². The lowest BCUT2D eigenvalue weighted by Crippen LogP contribution is -2.17. The molecule has 2 aromatic heterocycles. The lowest BCUT2D eigenvalue weighted by Gasteiger charge is -2.18. The molecule has 84 valence electrons. The van der Waals surface area contributed by atoms with Crippen LogP contribution in [0.25, 0.3) is 0 Å². The van der Waals surface area contributed by atoms with Crippen LogP contribution < -0.4 is 4.90 Å². The van der Waals surface area contributed by atoms with Crippen molar-refractivity contribution in [3.05, 3.63) is 46.3 Å². The highest BCUT2D eigenvalue weighted by Crippen LogP contribution is 2.20. The van der Waals surface area contributed by atoms with Crippen molar-refractivity contribution in [2.45, 2.75) is 13.5 Å². The van der Waals surface area contributed by atoms with Gasteiger partial charge in [-0.15, -0.1) is 0 Å². The minimum atomic E-state index is 0.834. The van der Waals surface area contributed by atoms with Gasteiger partial charge in [-0.25, -0.2) is 4.98 Å². The summed E-state index contributed by atoms with van der Waals surface area (Å²) in [6.07, 6.45) is 3.78. The van der Waals surface area contributed by atoms with E-state index < -0.39 is 0 Å². The molecule has 0 bridgehead atoms. The van der Waals surface area contributed by atoms with Crippen LogP contribution in [0.3, 0.4) is 0 Å². The molecule has 2 rings (SSSR count). The number of pyridine rings is 1. The van der Waals surface area contributed by atoms with E-state index in [1.807, 2.05) is 25.5 Å². The number of aromatic amines is 1. The predicted octanol–water partition coefficient (Wildman–Crippen LogP) is 3.12. The first-order chi connectivity index (χ1) is 7.66. The second-order valence-corrected chi connectivity index (χ2v) is 4.70. The highest BCUT2D eigenvalue weighted by atomic mass is 79.9. The lowest BCUT2D eigenvalue weighted by atomic mass is 10.3. The van der Waals surface area contributed by atoms with Crippen LogP contribution in [0.4, 0.5) is 5.82 Å². The number of aryl methyl sites for hydroxylation is 1. The number of nitrogens with one attached hydrogen (secondary N) is 1. The number of aromatic nitrogens is 2. The zero-order valence-corrected chi connectivity index (χ0v) is 11.0. The number of halogens is 1. The molecule has 1 N–H and O–H groups in total. The van der Waals surface area contributed by atoms with E-state index in [2.05, 4.69) is 49.9 Å². The third kappa shape index (κ3) is 2.44. The SMILES string of the molecule is Cc1cc(N(C)Cc2ccc[nH]2)ncc1Br. The first-order valence-electron chi connectivity index (χ1n) is 5.12. The molecule has 16 heavy (non-hydrogen) atoms. The number of rotatable bonds is 3. The third-order valence-corrected chi connectivity index (χ3v) is 3.32. The van der Waals surface area contributed by atoms with Crippen molar-refractivity contribution in [2.24, 2.45) is 0 Å². The van der Waals surface area contributed by atoms with Gasteiger partial charge in [0.25, 0.3) is 0 Å². The average Bonchev–Trinajstić information content (AvgIpc) is 2.74. The molecular formula is C12H14BrN3. The molecule has 0 saturated carbocycles. The van der Waals surface area contributed by atoms with Crippen molar-refractivity contribution in [1.29, 1.82) is 0 Å². The van der Waals surface area contributed by atoms with E-state index in [0.29, 0.717) is 0 Å². The number of H-pyrrole nitrogens is 1. The molecule has 0 aliphatic carbocycles. The summed E-state index contributed by atoms with van der Waals surface area (Å²) in [6.45, 7) is 2.90. The molecular weight excluding hydrogens is 266 g/mol. The van der Waals surface area contributed by atoms with E-state index in [9.17, 15) is 0 Å². The Balaban J connectivity index is 2.14. The summed E-state index contributed by atoms with van der Waals surface area (Å²) >= 11 is 3.45. The molecule has 0 aliphatic heterocycles. The fourth-order valence-electron chi connectivity index (χ4n) is 1.54. The standard InChI is InChI=1S/C12H14BrN3/c1-9-6-12(15-7-11(9)13)16(2)8-10-4-3-5-14-10/h3-7,14H,8H2,1-2H3. The average molecular weight is 280 g/mol. The number of hydrogen-bond donors (Lipinski definition) is 1. The summed E-state index contributed by atoms with van der Waals surface area (Å²) < 4.78 is 1.05. The van der Waals surface area contributed by atoms with Crippen molar-refractivity contribution in [1.82, 2.24) is 9.97 Å². The van der Waals surface area contributed by atoms with E-state index in [1.54, 1.807) is 0 Å². The van der Waals surface area contributed by atoms with Gasteiger partial charge in [-0.05, 0) is 46.6 Å². The second kappa shape index (κ2) is 4.70. The van der Waals surface area contributed by atoms with Crippen molar-refractivity contribution in [3.63, 3.8) is 0 Å². The van der Waals surface area contributed by atoms with Crippen molar-refractivity contribution in [3.8, 4) is 0 Å². The minimum absolute atomic E-state index is 0.834. The van der Waals surface area contributed by atoms with Gasteiger partial charge in [0.15, 0.2) is 0 Å². The molecule has 4 heteroatoms. The Morgan fingerprint density at radius 1 is 1.50 bits per heavy atom. The van der Waals surface area contributed by atoms with Gasteiger partial charge < -0.3 is 9.88 Å². The van der Waals surface area contributed by atoms with E-state index in [1.165, 1.54) is 11.3 Å². The van der Waals surface area contributed by atoms with Gasteiger partial charge in [0.2, 0.25) is 0 Å². The summed E-state index contributed by atoms with van der Waals surface area (Å²) in [4.78, 5) is 9.69. The summed E-state index contributed by atoms with van der Waals surface area (Å²) in [5.74, 6) is 0.982. The van der Waals surface area contributed by atoms with Gasteiger partial charge in [0.1, 0.15) is 5.82 Å². The van der Waals surface area contributed by atoms with E-state index in [4.69, 9.17) is 0 Å². The fraction of sp³-hybridized carbons (Fsp3) is 0.250. The minimum Gasteiger partial charge on any atom is -0.364 e. The van der Waals surface area contributed by atoms with Gasteiger partial charge in [-0.3, -0.25) is 0 Å². The van der Waals surface area contributed by atoms with Crippen LogP contribution in [-0.4, -0.2) is 17.0 Å². The Labute approximate surface area is 104 Å².